The van der Waals surface area contributed by atoms with E-state index in [1.54, 1.807) is 12.1 Å². The Morgan fingerprint density at radius 3 is 2.50 bits per heavy atom. The van der Waals surface area contributed by atoms with Crippen LogP contribution < -0.4 is 0 Å². The van der Waals surface area contributed by atoms with Gasteiger partial charge in [-0.25, -0.2) is 0 Å². The lowest BCUT2D eigenvalue weighted by molar-refractivity contribution is -0.402. The zero-order chi connectivity index (χ0) is 14.5. The first-order valence-electron chi connectivity index (χ1n) is 6.15. The summed E-state index contributed by atoms with van der Waals surface area (Å²) in [5.41, 5.74) is 1.73. The maximum absolute atomic E-state index is 11.9. The zero-order valence-electron chi connectivity index (χ0n) is 10.9. The first kappa shape index (κ1) is 13.7. The molecule has 102 valence electrons. The van der Waals surface area contributed by atoms with Gasteiger partial charge in [-0.1, -0.05) is 31.2 Å². The molecule has 1 aromatic carbocycles. The molecular weight excluding hydrogens is 258 g/mol. The van der Waals surface area contributed by atoms with E-state index in [-0.39, 0.29) is 17.4 Å². The Hall–Kier alpha value is -2.69. The van der Waals surface area contributed by atoms with Crippen LogP contribution in [0.1, 0.15) is 28.6 Å². The second kappa shape index (κ2) is 5.97. The minimum absolute atomic E-state index is 0.174. The lowest BCUT2D eigenvalue weighted by Gasteiger charge is -1.98. The van der Waals surface area contributed by atoms with Gasteiger partial charge in [0.25, 0.3) is 0 Å². The smallest absolute Gasteiger partial charge is 0.401 e. The van der Waals surface area contributed by atoms with Gasteiger partial charge in [-0.3, -0.25) is 14.9 Å². The fourth-order valence-corrected chi connectivity index (χ4v) is 1.69. The number of rotatable bonds is 5. The summed E-state index contributed by atoms with van der Waals surface area (Å²) in [4.78, 5) is 21.7. The van der Waals surface area contributed by atoms with E-state index in [0.29, 0.717) is 5.56 Å². The van der Waals surface area contributed by atoms with Gasteiger partial charge in [0, 0.05) is 5.56 Å². The average molecular weight is 271 g/mol. The minimum atomic E-state index is -0.622. The first-order chi connectivity index (χ1) is 9.60. The van der Waals surface area contributed by atoms with Gasteiger partial charge in [-0.2, -0.15) is 0 Å². The van der Waals surface area contributed by atoms with Gasteiger partial charge in [0.15, 0.2) is 5.78 Å². The average Bonchev–Trinajstić information content (AvgIpc) is 2.94. The third-order valence-corrected chi connectivity index (χ3v) is 2.84. The molecule has 5 nitrogen and oxygen atoms in total. The third-order valence-electron chi connectivity index (χ3n) is 2.84. The fraction of sp³-hybridized carbons (Fsp3) is 0.133. The molecule has 0 N–H and O–H groups in total. The van der Waals surface area contributed by atoms with Crippen LogP contribution >= 0.6 is 0 Å². The number of carbonyl (C=O) groups is 1. The maximum Gasteiger partial charge on any atom is 0.433 e. The Kier molecular flexibility index (Phi) is 4.10. The summed E-state index contributed by atoms with van der Waals surface area (Å²) in [6.07, 6.45) is 3.67. The molecule has 1 heterocycles. The number of nitro groups is 1. The molecule has 0 bridgehead atoms. The van der Waals surface area contributed by atoms with Gasteiger partial charge < -0.3 is 4.42 Å². The van der Waals surface area contributed by atoms with Crippen molar-refractivity contribution in [2.75, 3.05) is 0 Å². The standard InChI is InChI=1S/C15H13NO4/c1-2-11-3-5-12(6-4-11)14(17)9-7-13-8-10-15(20-13)16(18)19/h3-10H,2H2,1H3. The second-order valence-corrected chi connectivity index (χ2v) is 4.18. The van der Waals surface area contributed by atoms with Crippen molar-refractivity contribution in [2.24, 2.45) is 0 Å². The molecule has 0 unspecified atom stereocenters. The fourth-order valence-electron chi connectivity index (χ4n) is 1.69. The van der Waals surface area contributed by atoms with Crippen molar-refractivity contribution in [3.63, 3.8) is 0 Å². The van der Waals surface area contributed by atoms with Crippen molar-refractivity contribution in [3.8, 4) is 0 Å². The molecule has 0 aliphatic carbocycles. The highest BCUT2D eigenvalue weighted by Gasteiger charge is 2.10. The molecule has 1 aromatic heterocycles. The molecule has 5 heteroatoms. The first-order valence-corrected chi connectivity index (χ1v) is 6.15. The molecule has 0 spiro atoms. The number of ketones is 1. The van der Waals surface area contributed by atoms with Gasteiger partial charge in [0.05, 0.1) is 6.07 Å². The predicted octanol–water partition coefficient (Wildman–Crippen LogP) is 3.65. The Morgan fingerprint density at radius 1 is 1.25 bits per heavy atom. The van der Waals surface area contributed by atoms with E-state index in [1.165, 1.54) is 24.3 Å². The van der Waals surface area contributed by atoms with Crippen molar-refractivity contribution in [1.29, 1.82) is 0 Å². The largest absolute Gasteiger partial charge is 0.433 e. The van der Waals surface area contributed by atoms with Crippen molar-refractivity contribution >= 4 is 17.7 Å². The molecule has 0 fully saturated rings. The molecule has 0 amide bonds. The molecule has 0 saturated heterocycles. The number of carbonyl (C=O) groups excluding carboxylic acids is 1. The van der Waals surface area contributed by atoms with Crippen molar-refractivity contribution in [3.05, 3.63) is 69.5 Å². The molecule has 0 aliphatic rings. The molecule has 0 radical (unpaired) electrons. The monoisotopic (exact) mass is 271 g/mol. The van der Waals surface area contributed by atoms with Crippen LogP contribution in [0, 0.1) is 10.1 Å². The Labute approximate surface area is 115 Å². The van der Waals surface area contributed by atoms with Crippen LogP contribution in [0.25, 0.3) is 6.08 Å². The summed E-state index contributed by atoms with van der Waals surface area (Å²) in [7, 11) is 0. The molecule has 2 aromatic rings. The minimum Gasteiger partial charge on any atom is -0.401 e. The van der Waals surface area contributed by atoms with Gasteiger partial charge >= 0.3 is 5.88 Å². The molecule has 20 heavy (non-hydrogen) atoms. The summed E-state index contributed by atoms with van der Waals surface area (Å²) < 4.78 is 4.93. The van der Waals surface area contributed by atoms with E-state index in [2.05, 4.69) is 0 Å². The van der Waals surface area contributed by atoms with Gasteiger partial charge in [0.2, 0.25) is 0 Å². The summed E-state index contributed by atoms with van der Waals surface area (Å²) >= 11 is 0. The van der Waals surface area contributed by atoms with Crippen LogP contribution in [0.15, 0.2) is 46.9 Å². The molecule has 0 saturated carbocycles. The number of hydrogen-bond donors (Lipinski definition) is 0. The van der Waals surface area contributed by atoms with E-state index in [4.69, 9.17) is 4.42 Å². The molecular formula is C15H13NO4. The second-order valence-electron chi connectivity index (χ2n) is 4.18. The van der Waals surface area contributed by atoms with Crippen LogP contribution in [-0.2, 0) is 6.42 Å². The highest BCUT2D eigenvalue weighted by Crippen LogP contribution is 2.17. The Bertz CT molecular complexity index is 653. The van der Waals surface area contributed by atoms with Crippen LogP contribution in [0.5, 0.6) is 0 Å². The number of benzene rings is 1. The number of allylic oxidation sites excluding steroid dienone is 1. The van der Waals surface area contributed by atoms with Crippen LogP contribution in [0.4, 0.5) is 5.88 Å². The number of aryl methyl sites for hydroxylation is 1. The Morgan fingerprint density at radius 2 is 1.95 bits per heavy atom. The highest BCUT2D eigenvalue weighted by molar-refractivity contribution is 6.06. The maximum atomic E-state index is 11.9. The predicted molar refractivity (Wildman–Crippen MR) is 74.5 cm³/mol. The highest BCUT2D eigenvalue weighted by atomic mass is 16.6. The summed E-state index contributed by atoms with van der Waals surface area (Å²) in [6.45, 7) is 2.04. The van der Waals surface area contributed by atoms with E-state index >= 15 is 0 Å². The van der Waals surface area contributed by atoms with Crippen molar-refractivity contribution < 1.29 is 14.1 Å². The normalized spacial score (nSPS) is 10.8. The Balaban J connectivity index is 2.09. The molecule has 0 aliphatic heterocycles. The van der Waals surface area contributed by atoms with Gasteiger partial charge in [-0.15, -0.1) is 0 Å². The summed E-state index contributed by atoms with van der Waals surface area (Å²) in [6, 6.07) is 10.0. The topological polar surface area (TPSA) is 73.3 Å². The SMILES string of the molecule is CCc1ccc(C(=O)C=Cc2ccc([N+](=O)[O-])o2)cc1. The van der Waals surface area contributed by atoms with E-state index in [1.807, 2.05) is 19.1 Å². The van der Waals surface area contributed by atoms with Crippen LogP contribution in [0.3, 0.4) is 0 Å². The number of nitrogens with zero attached hydrogens (tertiary/aromatic N) is 1. The lowest BCUT2D eigenvalue weighted by Crippen LogP contribution is -1.94. The van der Waals surface area contributed by atoms with Gasteiger partial charge in [0.1, 0.15) is 10.7 Å². The van der Waals surface area contributed by atoms with E-state index in [0.717, 1.165) is 12.0 Å². The molecule has 2 rings (SSSR count). The lowest BCUT2D eigenvalue weighted by atomic mass is 10.1. The zero-order valence-corrected chi connectivity index (χ0v) is 10.9. The van der Waals surface area contributed by atoms with Crippen molar-refractivity contribution in [1.82, 2.24) is 0 Å². The number of furan rings is 1. The van der Waals surface area contributed by atoms with E-state index < -0.39 is 4.92 Å². The quantitative estimate of drug-likeness (QED) is 0.360. The van der Waals surface area contributed by atoms with Gasteiger partial charge in [-0.05, 0) is 30.2 Å². The summed E-state index contributed by atoms with van der Waals surface area (Å²) in [5, 5.41) is 10.5. The van der Waals surface area contributed by atoms with Crippen LogP contribution in [-0.4, -0.2) is 10.7 Å². The summed E-state index contributed by atoms with van der Waals surface area (Å²) in [5.74, 6) is -0.244. The third kappa shape index (κ3) is 3.20. The van der Waals surface area contributed by atoms with Crippen LogP contribution in [0.2, 0.25) is 0 Å². The number of hydrogen-bond acceptors (Lipinski definition) is 4. The van der Waals surface area contributed by atoms with Crippen molar-refractivity contribution in [2.45, 2.75) is 13.3 Å². The molecule has 0 atom stereocenters. The van der Waals surface area contributed by atoms with E-state index in [9.17, 15) is 14.9 Å².